The molecule has 23 heavy (non-hydrogen) atoms. The molecule has 1 N–H and O–H groups in total. The van der Waals surface area contributed by atoms with Gasteiger partial charge in [-0.25, -0.2) is 4.79 Å². The third-order valence-corrected chi connectivity index (χ3v) is 4.07. The van der Waals surface area contributed by atoms with Crippen LogP contribution in [0.25, 0.3) is 0 Å². The van der Waals surface area contributed by atoms with Crippen molar-refractivity contribution in [2.24, 2.45) is 5.92 Å². The van der Waals surface area contributed by atoms with E-state index >= 15 is 0 Å². The van der Waals surface area contributed by atoms with Crippen molar-refractivity contribution in [1.29, 1.82) is 0 Å². The van der Waals surface area contributed by atoms with Gasteiger partial charge in [-0.15, -0.1) is 0 Å². The first-order valence-electron chi connectivity index (χ1n) is 7.64. The van der Waals surface area contributed by atoms with Crippen LogP contribution in [0.5, 0.6) is 0 Å². The number of nitro groups is 1. The topological polar surface area (TPSA) is 112 Å². The maximum absolute atomic E-state index is 12.1. The van der Waals surface area contributed by atoms with Crippen molar-refractivity contribution in [3.63, 3.8) is 0 Å². The normalized spacial score (nSPS) is 22.2. The predicted molar refractivity (Wildman–Crippen MR) is 79.8 cm³/mol. The van der Waals surface area contributed by atoms with Gasteiger partial charge in [0.15, 0.2) is 6.10 Å². The summed E-state index contributed by atoms with van der Waals surface area (Å²) >= 11 is 0. The van der Waals surface area contributed by atoms with Crippen LogP contribution in [0.1, 0.15) is 50.1 Å². The Morgan fingerprint density at radius 3 is 2.70 bits per heavy atom. The fourth-order valence-corrected chi connectivity index (χ4v) is 2.64. The molecule has 0 radical (unpaired) electrons. The van der Waals surface area contributed by atoms with Gasteiger partial charge in [-0.3, -0.25) is 14.9 Å². The summed E-state index contributed by atoms with van der Waals surface area (Å²) in [6.07, 6.45) is 3.21. The Morgan fingerprint density at radius 2 is 2.09 bits per heavy atom. The summed E-state index contributed by atoms with van der Waals surface area (Å²) in [6.45, 7) is 3.54. The SMILES string of the molecule is C[C@H](OC(=O)c1ccc([N+](=O)[O-])o1)C(=O)N[C@H]1CCCC[C@H]1C. The second-order valence-electron chi connectivity index (χ2n) is 5.82. The van der Waals surface area contributed by atoms with Gasteiger partial charge in [0.25, 0.3) is 5.91 Å². The molecule has 0 unspecified atom stereocenters. The zero-order valence-electron chi connectivity index (χ0n) is 13.1. The van der Waals surface area contributed by atoms with Crippen LogP contribution in [0.4, 0.5) is 5.88 Å². The molecule has 0 bridgehead atoms. The van der Waals surface area contributed by atoms with E-state index in [9.17, 15) is 19.7 Å². The van der Waals surface area contributed by atoms with E-state index in [0.717, 1.165) is 37.8 Å². The number of nitrogens with zero attached hydrogens (tertiary/aromatic N) is 1. The van der Waals surface area contributed by atoms with E-state index in [4.69, 9.17) is 9.15 Å². The highest BCUT2D eigenvalue weighted by molar-refractivity contribution is 5.90. The fourth-order valence-electron chi connectivity index (χ4n) is 2.64. The van der Waals surface area contributed by atoms with Crippen LogP contribution in [0.2, 0.25) is 0 Å². The third-order valence-electron chi connectivity index (χ3n) is 4.07. The van der Waals surface area contributed by atoms with E-state index in [1.54, 1.807) is 0 Å². The molecule has 0 aliphatic heterocycles. The number of nitrogens with one attached hydrogen (secondary N) is 1. The van der Waals surface area contributed by atoms with Crippen molar-refractivity contribution >= 4 is 17.8 Å². The Kier molecular flexibility index (Phi) is 5.36. The van der Waals surface area contributed by atoms with Crippen LogP contribution in [-0.2, 0) is 9.53 Å². The first kappa shape index (κ1) is 17.0. The number of ether oxygens (including phenoxy) is 1. The zero-order chi connectivity index (χ0) is 17.0. The highest BCUT2D eigenvalue weighted by atomic mass is 16.7. The summed E-state index contributed by atoms with van der Waals surface area (Å²) in [4.78, 5) is 33.7. The number of carbonyl (C=O) groups excluding carboxylic acids is 2. The molecule has 1 aliphatic rings. The smallest absolute Gasteiger partial charge is 0.433 e. The van der Waals surface area contributed by atoms with E-state index < -0.39 is 22.9 Å². The van der Waals surface area contributed by atoms with Crippen molar-refractivity contribution in [1.82, 2.24) is 5.32 Å². The summed E-state index contributed by atoms with van der Waals surface area (Å²) < 4.78 is 9.75. The van der Waals surface area contributed by atoms with Gasteiger partial charge in [0.1, 0.15) is 4.92 Å². The Balaban J connectivity index is 1.89. The molecule has 1 heterocycles. The molecule has 126 valence electrons. The van der Waals surface area contributed by atoms with Crippen molar-refractivity contribution in [3.8, 4) is 0 Å². The summed E-state index contributed by atoms with van der Waals surface area (Å²) in [5.74, 6) is -1.74. The molecule has 1 aromatic heterocycles. The van der Waals surface area contributed by atoms with Crippen molar-refractivity contribution in [2.75, 3.05) is 0 Å². The molecule has 8 heteroatoms. The van der Waals surface area contributed by atoms with Gasteiger partial charge in [0, 0.05) is 6.04 Å². The first-order chi connectivity index (χ1) is 10.9. The molecule has 1 saturated carbocycles. The maximum Gasteiger partial charge on any atom is 0.433 e. The molecular formula is C15H20N2O6. The molecule has 0 spiro atoms. The fraction of sp³-hybridized carbons (Fsp3) is 0.600. The average molecular weight is 324 g/mol. The van der Waals surface area contributed by atoms with E-state index in [-0.39, 0.29) is 17.7 Å². The molecule has 2 rings (SSSR count). The first-order valence-corrected chi connectivity index (χ1v) is 7.64. The minimum atomic E-state index is -0.999. The van der Waals surface area contributed by atoms with Gasteiger partial charge in [-0.2, -0.15) is 0 Å². The van der Waals surface area contributed by atoms with Gasteiger partial charge in [-0.1, -0.05) is 19.8 Å². The lowest BCUT2D eigenvalue weighted by Gasteiger charge is -2.30. The second kappa shape index (κ2) is 7.26. The van der Waals surface area contributed by atoms with Crippen LogP contribution in [-0.4, -0.2) is 28.9 Å². The number of hydrogen-bond acceptors (Lipinski definition) is 6. The largest absolute Gasteiger partial charge is 0.447 e. The molecule has 0 saturated heterocycles. The summed E-state index contributed by atoms with van der Waals surface area (Å²) in [7, 11) is 0. The Labute approximate surface area is 133 Å². The Morgan fingerprint density at radius 1 is 1.39 bits per heavy atom. The van der Waals surface area contributed by atoms with E-state index in [1.807, 2.05) is 0 Å². The van der Waals surface area contributed by atoms with Gasteiger partial charge < -0.3 is 14.5 Å². The maximum atomic E-state index is 12.1. The van der Waals surface area contributed by atoms with Gasteiger partial charge in [-0.05, 0) is 31.7 Å². The number of rotatable bonds is 5. The molecule has 1 aliphatic carbocycles. The van der Waals surface area contributed by atoms with Crippen LogP contribution >= 0.6 is 0 Å². The van der Waals surface area contributed by atoms with Gasteiger partial charge in [0.05, 0.1) is 6.07 Å². The van der Waals surface area contributed by atoms with Crippen molar-refractivity contribution in [3.05, 3.63) is 28.0 Å². The summed E-state index contributed by atoms with van der Waals surface area (Å²) in [6, 6.07) is 2.29. The van der Waals surface area contributed by atoms with E-state index in [0.29, 0.717) is 5.92 Å². The van der Waals surface area contributed by atoms with Gasteiger partial charge in [0.2, 0.25) is 5.76 Å². The van der Waals surface area contributed by atoms with Crippen molar-refractivity contribution in [2.45, 2.75) is 51.7 Å². The summed E-state index contributed by atoms with van der Waals surface area (Å²) in [5, 5.41) is 13.4. The molecular weight excluding hydrogens is 304 g/mol. The zero-order valence-corrected chi connectivity index (χ0v) is 13.1. The van der Waals surface area contributed by atoms with Crippen LogP contribution in [0, 0.1) is 16.0 Å². The van der Waals surface area contributed by atoms with Crippen molar-refractivity contribution < 1.29 is 23.7 Å². The monoisotopic (exact) mass is 324 g/mol. The lowest BCUT2D eigenvalue weighted by molar-refractivity contribution is -0.402. The van der Waals surface area contributed by atoms with Gasteiger partial charge >= 0.3 is 11.9 Å². The molecule has 3 atom stereocenters. The Hall–Kier alpha value is -2.38. The standard InChI is InChI=1S/C15H20N2O6/c1-9-5-3-4-6-11(9)16-14(18)10(2)22-15(19)12-7-8-13(23-12)17(20)21/h7-11H,3-6H2,1-2H3,(H,16,18)/t9-,10+,11+/m1/s1. The van der Waals surface area contributed by atoms with Crippen LogP contribution in [0.15, 0.2) is 16.5 Å². The average Bonchev–Trinajstić information content (AvgIpc) is 2.99. The highest BCUT2D eigenvalue weighted by Crippen LogP contribution is 2.24. The molecule has 8 nitrogen and oxygen atoms in total. The molecule has 1 amide bonds. The number of esters is 1. The van der Waals surface area contributed by atoms with Crippen LogP contribution < -0.4 is 5.32 Å². The predicted octanol–water partition coefficient (Wildman–Crippen LogP) is 2.43. The molecule has 0 aromatic carbocycles. The second-order valence-corrected chi connectivity index (χ2v) is 5.82. The van der Waals surface area contributed by atoms with E-state index in [2.05, 4.69) is 12.2 Å². The highest BCUT2D eigenvalue weighted by Gasteiger charge is 2.27. The minimum Gasteiger partial charge on any atom is -0.447 e. The lowest BCUT2D eigenvalue weighted by atomic mass is 9.86. The molecule has 1 fully saturated rings. The number of carbonyl (C=O) groups is 2. The van der Waals surface area contributed by atoms with Crippen LogP contribution in [0.3, 0.4) is 0 Å². The lowest BCUT2D eigenvalue weighted by Crippen LogP contribution is -2.45. The number of amides is 1. The third kappa shape index (κ3) is 4.30. The Bertz CT molecular complexity index is 597. The quantitative estimate of drug-likeness (QED) is 0.506. The number of hydrogen-bond donors (Lipinski definition) is 1. The number of furan rings is 1. The molecule has 1 aromatic rings. The minimum absolute atomic E-state index is 0.0853. The summed E-state index contributed by atoms with van der Waals surface area (Å²) in [5.41, 5.74) is 0. The van der Waals surface area contributed by atoms with E-state index in [1.165, 1.54) is 6.92 Å².